The predicted octanol–water partition coefficient (Wildman–Crippen LogP) is 3.31. The quantitative estimate of drug-likeness (QED) is 0.705. The first-order valence-electron chi connectivity index (χ1n) is 4.73. The molecule has 15 heavy (non-hydrogen) atoms. The molecular formula is C12H10ClFO. The fraction of sp³-hybridized carbons (Fsp3) is 0.250. The van der Waals surface area contributed by atoms with E-state index in [0.29, 0.717) is 0 Å². The summed E-state index contributed by atoms with van der Waals surface area (Å²) < 4.78 is 13.1. The Labute approximate surface area is 92.6 Å². The summed E-state index contributed by atoms with van der Waals surface area (Å²) >= 11 is 5.36. The van der Waals surface area contributed by atoms with Crippen molar-refractivity contribution in [3.63, 3.8) is 0 Å². The van der Waals surface area contributed by atoms with Crippen LogP contribution in [0.4, 0.5) is 4.39 Å². The van der Waals surface area contributed by atoms with E-state index in [4.69, 9.17) is 11.6 Å². The molecule has 1 nitrogen and oxygen atoms in total. The lowest BCUT2D eigenvalue weighted by Gasteiger charge is -2.03. The molecule has 1 aliphatic rings. The van der Waals surface area contributed by atoms with Gasteiger partial charge < -0.3 is 0 Å². The van der Waals surface area contributed by atoms with Crippen molar-refractivity contribution in [1.82, 2.24) is 0 Å². The van der Waals surface area contributed by atoms with E-state index >= 15 is 0 Å². The second-order valence-corrected chi connectivity index (χ2v) is 4.19. The smallest absolute Gasteiger partial charge is 0.226 e. The molecule has 1 aromatic rings. The Morgan fingerprint density at radius 2 is 2.27 bits per heavy atom. The first-order valence-corrected chi connectivity index (χ1v) is 5.11. The number of carbonyl (C=O) groups is 1. The van der Waals surface area contributed by atoms with E-state index in [1.807, 2.05) is 6.92 Å². The van der Waals surface area contributed by atoms with Gasteiger partial charge in [-0.2, -0.15) is 0 Å². The van der Waals surface area contributed by atoms with Crippen LogP contribution in [0.3, 0.4) is 0 Å². The van der Waals surface area contributed by atoms with E-state index in [9.17, 15) is 9.18 Å². The maximum absolute atomic E-state index is 13.1. The lowest BCUT2D eigenvalue weighted by atomic mass is 10.0. The Morgan fingerprint density at radius 3 is 2.93 bits per heavy atom. The van der Waals surface area contributed by atoms with E-state index in [0.717, 1.165) is 28.7 Å². The van der Waals surface area contributed by atoms with E-state index < -0.39 is 5.24 Å². The summed E-state index contributed by atoms with van der Waals surface area (Å²) in [4.78, 5) is 10.9. The van der Waals surface area contributed by atoms with Crippen LogP contribution < -0.4 is 0 Å². The average Bonchev–Trinajstić information content (AvgIpc) is 2.43. The molecule has 0 bridgehead atoms. The summed E-state index contributed by atoms with van der Waals surface area (Å²) in [5.41, 5.74) is 3.89. The molecule has 0 N–H and O–H groups in total. The SMILES string of the molecule is CC1=C(CC(=O)Cl)c2cc(F)ccc2C1. The molecule has 0 amide bonds. The number of halogens is 2. The van der Waals surface area contributed by atoms with Gasteiger partial charge in [-0.25, -0.2) is 4.39 Å². The molecule has 0 heterocycles. The third-order valence-electron chi connectivity index (χ3n) is 2.68. The van der Waals surface area contributed by atoms with Crippen molar-refractivity contribution in [3.05, 3.63) is 40.7 Å². The molecule has 3 heteroatoms. The normalized spacial score (nSPS) is 14.3. The molecule has 1 aromatic carbocycles. The van der Waals surface area contributed by atoms with E-state index in [2.05, 4.69) is 0 Å². The summed E-state index contributed by atoms with van der Waals surface area (Å²) in [5, 5.41) is -0.401. The van der Waals surface area contributed by atoms with Crippen molar-refractivity contribution < 1.29 is 9.18 Å². The third-order valence-corrected chi connectivity index (χ3v) is 2.82. The van der Waals surface area contributed by atoms with Gasteiger partial charge in [0.15, 0.2) is 0 Å². The van der Waals surface area contributed by atoms with Crippen LogP contribution in [0.2, 0.25) is 0 Å². The highest BCUT2D eigenvalue weighted by Gasteiger charge is 2.20. The van der Waals surface area contributed by atoms with Gasteiger partial charge in [-0.05, 0) is 53.8 Å². The Morgan fingerprint density at radius 1 is 1.53 bits per heavy atom. The largest absolute Gasteiger partial charge is 0.281 e. The lowest BCUT2D eigenvalue weighted by Crippen LogP contribution is -1.91. The Bertz CT molecular complexity index is 463. The number of allylic oxidation sites excluding steroid dienone is 2. The van der Waals surface area contributed by atoms with Gasteiger partial charge >= 0.3 is 0 Å². The maximum atomic E-state index is 13.1. The van der Waals surface area contributed by atoms with Gasteiger partial charge in [0.25, 0.3) is 0 Å². The first kappa shape index (κ1) is 10.4. The maximum Gasteiger partial charge on any atom is 0.226 e. The Balaban J connectivity index is 2.45. The average molecular weight is 225 g/mol. The summed E-state index contributed by atoms with van der Waals surface area (Å²) in [5.74, 6) is -0.275. The monoisotopic (exact) mass is 224 g/mol. The predicted molar refractivity (Wildman–Crippen MR) is 58.2 cm³/mol. The molecule has 2 rings (SSSR count). The standard InChI is InChI=1S/C12H10ClFO/c1-7-4-8-2-3-9(14)5-11(8)10(7)6-12(13)15/h2-3,5H,4,6H2,1H3. The van der Waals surface area contributed by atoms with Gasteiger partial charge in [-0.15, -0.1) is 0 Å². The third kappa shape index (κ3) is 1.95. The number of hydrogen-bond acceptors (Lipinski definition) is 1. The van der Waals surface area contributed by atoms with Crippen LogP contribution in [-0.2, 0) is 11.2 Å². The number of rotatable bonds is 2. The fourth-order valence-corrected chi connectivity index (χ4v) is 2.12. The number of carbonyl (C=O) groups excluding carboxylic acids is 1. The molecule has 0 spiro atoms. The van der Waals surface area contributed by atoms with Crippen molar-refractivity contribution in [2.24, 2.45) is 0 Å². The molecule has 0 unspecified atom stereocenters. The van der Waals surface area contributed by atoms with Gasteiger partial charge in [0.2, 0.25) is 5.24 Å². The highest BCUT2D eigenvalue weighted by molar-refractivity contribution is 6.64. The van der Waals surface area contributed by atoms with Crippen molar-refractivity contribution >= 4 is 22.4 Å². The van der Waals surface area contributed by atoms with Crippen molar-refractivity contribution in [2.75, 3.05) is 0 Å². The minimum absolute atomic E-state index is 0.184. The molecule has 0 saturated carbocycles. The Hall–Kier alpha value is -1.15. The zero-order chi connectivity index (χ0) is 11.0. The summed E-state index contributed by atoms with van der Waals surface area (Å²) in [6.45, 7) is 1.95. The molecule has 0 aliphatic heterocycles. The van der Waals surface area contributed by atoms with Gasteiger partial charge in [0.1, 0.15) is 5.82 Å². The zero-order valence-corrected chi connectivity index (χ0v) is 9.07. The number of fused-ring (bicyclic) bond motifs is 1. The van der Waals surface area contributed by atoms with Crippen LogP contribution in [0.15, 0.2) is 23.8 Å². The number of benzene rings is 1. The molecule has 0 fully saturated rings. The summed E-state index contributed by atoms with van der Waals surface area (Å²) in [7, 11) is 0. The lowest BCUT2D eigenvalue weighted by molar-refractivity contribution is -0.110. The second-order valence-electron chi connectivity index (χ2n) is 3.77. The molecule has 78 valence electrons. The minimum atomic E-state index is -0.401. The first-order chi connectivity index (χ1) is 7.08. The molecule has 0 aromatic heterocycles. The van der Waals surface area contributed by atoms with Crippen molar-refractivity contribution in [3.8, 4) is 0 Å². The molecule has 0 atom stereocenters. The van der Waals surface area contributed by atoms with Crippen LogP contribution in [0, 0.1) is 5.82 Å². The van der Waals surface area contributed by atoms with Crippen molar-refractivity contribution in [2.45, 2.75) is 19.8 Å². The van der Waals surface area contributed by atoms with Gasteiger partial charge in [0.05, 0.1) is 0 Å². The molecule has 1 aliphatic carbocycles. The number of hydrogen-bond donors (Lipinski definition) is 0. The second kappa shape index (κ2) is 3.78. The minimum Gasteiger partial charge on any atom is -0.281 e. The van der Waals surface area contributed by atoms with Gasteiger partial charge in [0, 0.05) is 6.42 Å². The molecule has 0 radical (unpaired) electrons. The van der Waals surface area contributed by atoms with Crippen LogP contribution in [0.25, 0.3) is 5.57 Å². The van der Waals surface area contributed by atoms with Gasteiger partial charge in [-0.1, -0.05) is 11.6 Å². The highest BCUT2D eigenvalue weighted by Crippen LogP contribution is 2.35. The van der Waals surface area contributed by atoms with Crippen LogP contribution in [-0.4, -0.2) is 5.24 Å². The zero-order valence-electron chi connectivity index (χ0n) is 8.31. The van der Waals surface area contributed by atoms with E-state index in [1.54, 1.807) is 6.07 Å². The highest BCUT2D eigenvalue weighted by atomic mass is 35.5. The fourth-order valence-electron chi connectivity index (χ4n) is 1.99. The molecule has 0 saturated heterocycles. The summed E-state index contributed by atoms with van der Waals surface area (Å²) in [6, 6.07) is 4.68. The topological polar surface area (TPSA) is 17.1 Å². The van der Waals surface area contributed by atoms with Crippen LogP contribution in [0.5, 0.6) is 0 Å². The van der Waals surface area contributed by atoms with E-state index in [1.165, 1.54) is 12.1 Å². The van der Waals surface area contributed by atoms with Crippen molar-refractivity contribution in [1.29, 1.82) is 0 Å². The summed E-state index contributed by atoms with van der Waals surface area (Å²) in [6.07, 6.45) is 0.971. The Kier molecular flexibility index (Phi) is 2.61. The van der Waals surface area contributed by atoms with Gasteiger partial charge in [-0.3, -0.25) is 4.79 Å². The van der Waals surface area contributed by atoms with E-state index in [-0.39, 0.29) is 12.2 Å². The van der Waals surface area contributed by atoms with Crippen LogP contribution in [0.1, 0.15) is 24.5 Å². The van der Waals surface area contributed by atoms with Crippen LogP contribution >= 0.6 is 11.6 Å². The molecular weight excluding hydrogens is 215 g/mol.